The van der Waals surface area contributed by atoms with Gasteiger partial charge in [-0.15, -0.1) is 0 Å². The molecule has 1 aliphatic rings. The lowest BCUT2D eigenvalue weighted by Crippen LogP contribution is -2.15. The van der Waals surface area contributed by atoms with Crippen molar-refractivity contribution in [2.75, 3.05) is 6.61 Å². The number of amidine groups is 1. The lowest BCUT2D eigenvalue weighted by molar-refractivity contribution is 0.164. The zero-order valence-corrected chi connectivity index (χ0v) is 13.3. The Morgan fingerprint density at radius 2 is 2.09 bits per heavy atom. The Labute approximate surface area is 133 Å². The van der Waals surface area contributed by atoms with Crippen LogP contribution >= 0.6 is 0 Å². The minimum atomic E-state index is -0.516. The zero-order chi connectivity index (χ0) is 15.8. The van der Waals surface area contributed by atoms with Gasteiger partial charge in [0.15, 0.2) is 0 Å². The summed E-state index contributed by atoms with van der Waals surface area (Å²) in [6.07, 6.45) is 7.91. The van der Waals surface area contributed by atoms with Crippen molar-refractivity contribution >= 4 is 5.84 Å². The van der Waals surface area contributed by atoms with Crippen LogP contribution < -0.4 is 10.5 Å². The third kappa shape index (κ3) is 5.68. The highest BCUT2D eigenvalue weighted by atomic mass is 16.5. The molecule has 0 unspecified atom stereocenters. The maximum atomic E-state index is 10.2. The van der Waals surface area contributed by atoms with Crippen LogP contribution in [0.4, 0.5) is 0 Å². The molecule has 4 heteroatoms. The Kier molecular flexibility index (Phi) is 6.72. The molecule has 1 aliphatic carbocycles. The first-order valence-corrected chi connectivity index (χ1v) is 8.39. The molecule has 0 saturated heterocycles. The van der Waals surface area contributed by atoms with E-state index in [1.807, 2.05) is 24.3 Å². The minimum absolute atomic E-state index is 0.178. The quantitative estimate of drug-likeness (QED) is 0.505. The van der Waals surface area contributed by atoms with E-state index in [1.165, 1.54) is 32.1 Å². The number of nitrogens with two attached hydrogens (primary N) is 1. The molecule has 1 aromatic carbocycles. The molecule has 1 atom stereocenters. The number of nitrogens with one attached hydrogen (secondary N) is 1. The first-order chi connectivity index (χ1) is 10.6. The van der Waals surface area contributed by atoms with Crippen molar-refractivity contribution in [2.45, 2.75) is 57.5 Å². The molecule has 4 nitrogen and oxygen atoms in total. The van der Waals surface area contributed by atoms with Gasteiger partial charge in [-0.05, 0) is 49.3 Å². The fraction of sp³-hybridized carbons (Fsp3) is 0.611. The van der Waals surface area contributed by atoms with Crippen LogP contribution in [0.25, 0.3) is 0 Å². The summed E-state index contributed by atoms with van der Waals surface area (Å²) in [6, 6.07) is 7.74. The topological polar surface area (TPSA) is 79.3 Å². The Morgan fingerprint density at radius 3 is 2.82 bits per heavy atom. The molecule has 2 rings (SSSR count). The van der Waals surface area contributed by atoms with Gasteiger partial charge >= 0.3 is 0 Å². The van der Waals surface area contributed by atoms with E-state index in [0.29, 0.717) is 18.8 Å². The van der Waals surface area contributed by atoms with E-state index in [2.05, 4.69) is 0 Å². The van der Waals surface area contributed by atoms with E-state index >= 15 is 0 Å². The van der Waals surface area contributed by atoms with Crippen molar-refractivity contribution in [3.8, 4) is 5.75 Å². The van der Waals surface area contributed by atoms with Gasteiger partial charge in [0.05, 0.1) is 18.5 Å². The highest BCUT2D eigenvalue weighted by Crippen LogP contribution is 2.26. The van der Waals surface area contributed by atoms with E-state index < -0.39 is 6.10 Å². The van der Waals surface area contributed by atoms with E-state index in [1.54, 1.807) is 0 Å². The minimum Gasteiger partial charge on any atom is -0.493 e. The second-order valence-electron chi connectivity index (χ2n) is 6.32. The second-order valence-corrected chi connectivity index (χ2v) is 6.32. The third-order valence-electron chi connectivity index (χ3n) is 4.38. The van der Waals surface area contributed by atoms with Gasteiger partial charge in [0, 0.05) is 6.42 Å². The average Bonchev–Trinajstić information content (AvgIpc) is 2.54. The number of hydrogen-bond donors (Lipinski definition) is 3. The highest BCUT2D eigenvalue weighted by Gasteiger charge is 2.14. The van der Waals surface area contributed by atoms with Gasteiger partial charge in [0.25, 0.3) is 0 Å². The molecule has 22 heavy (non-hydrogen) atoms. The molecule has 0 heterocycles. The Morgan fingerprint density at radius 1 is 1.32 bits per heavy atom. The fourth-order valence-electron chi connectivity index (χ4n) is 3.03. The lowest BCUT2D eigenvalue weighted by Gasteiger charge is -2.22. The third-order valence-corrected chi connectivity index (χ3v) is 4.38. The lowest BCUT2D eigenvalue weighted by atomic mass is 9.90. The van der Waals surface area contributed by atoms with Crippen molar-refractivity contribution in [3.05, 3.63) is 29.8 Å². The predicted octanol–water partition coefficient (Wildman–Crippen LogP) is 3.79. The molecule has 0 spiro atoms. The average molecular weight is 304 g/mol. The van der Waals surface area contributed by atoms with Crippen LogP contribution in [0.5, 0.6) is 5.75 Å². The zero-order valence-electron chi connectivity index (χ0n) is 13.3. The van der Waals surface area contributed by atoms with Crippen LogP contribution in [0.2, 0.25) is 0 Å². The Bertz CT molecular complexity index is 470. The van der Waals surface area contributed by atoms with E-state index in [0.717, 1.165) is 24.3 Å². The SMILES string of the molecule is N=C(N)CCC[C@@H](O)c1cccc(OCC2CCCCC2)c1. The van der Waals surface area contributed by atoms with E-state index in [-0.39, 0.29) is 5.84 Å². The number of benzene rings is 1. The normalized spacial score (nSPS) is 17.1. The number of rotatable bonds is 8. The molecule has 1 saturated carbocycles. The number of aliphatic hydroxyl groups is 1. The molecule has 122 valence electrons. The van der Waals surface area contributed by atoms with Gasteiger partial charge in [0.2, 0.25) is 0 Å². The molecule has 1 fully saturated rings. The van der Waals surface area contributed by atoms with Crippen LogP contribution in [0.15, 0.2) is 24.3 Å². The standard InChI is InChI=1S/C18H28N2O2/c19-18(20)11-5-10-17(21)15-8-4-9-16(12-15)22-13-14-6-2-1-3-7-14/h4,8-9,12,14,17,21H,1-3,5-7,10-11,13H2,(H3,19,20)/t17-/m1/s1. The molecule has 0 aromatic heterocycles. The van der Waals surface area contributed by atoms with Gasteiger partial charge in [-0.2, -0.15) is 0 Å². The summed E-state index contributed by atoms with van der Waals surface area (Å²) < 4.78 is 5.91. The van der Waals surface area contributed by atoms with Gasteiger partial charge in [-0.1, -0.05) is 31.4 Å². The Hall–Kier alpha value is -1.55. The highest BCUT2D eigenvalue weighted by molar-refractivity contribution is 5.76. The molecule has 0 radical (unpaired) electrons. The summed E-state index contributed by atoms with van der Waals surface area (Å²) in [6.45, 7) is 0.782. The van der Waals surface area contributed by atoms with Crippen molar-refractivity contribution in [1.82, 2.24) is 0 Å². The van der Waals surface area contributed by atoms with E-state index in [9.17, 15) is 5.11 Å². The first-order valence-electron chi connectivity index (χ1n) is 8.39. The van der Waals surface area contributed by atoms with Crippen molar-refractivity contribution in [2.24, 2.45) is 11.7 Å². The molecular formula is C18H28N2O2. The summed E-state index contributed by atoms with van der Waals surface area (Å²) in [7, 11) is 0. The van der Waals surface area contributed by atoms with Crippen LogP contribution in [-0.4, -0.2) is 17.5 Å². The van der Waals surface area contributed by atoms with Crippen LogP contribution in [0.1, 0.15) is 63.0 Å². The van der Waals surface area contributed by atoms with Crippen LogP contribution in [0, 0.1) is 11.3 Å². The maximum absolute atomic E-state index is 10.2. The van der Waals surface area contributed by atoms with E-state index in [4.69, 9.17) is 15.9 Å². The molecule has 4 N–H and O–H groups in total. The van der Waals surface area contributed by atoms with Crippen molar-refractivity contribution in [3.63, 3.8) is 0 Å². The van der Waals surface area contributed by atoms with Gasteiger partial charge < -0.3 is 15.6 Å². The van der Waals surface area contributed by atoms with Gasteiger partial charge in [-0.3, -0.25) is 5.41 Å². The van der Waals surface area contributed by atoms with Crippen LogP contribution in [0.3, 0.4) is 0 Å². The number of ether oxygens (including phenoxy) is 1. The fourth-order valence-corrected chi connectivity index (χ4v) is 3.03. The second kappa shape index (κ2) is 8.79. The van der Waals surface area contributed by atoms with Crippen LogP contribution in [-0.2, 0) is 0 Å². The predicted molar refractivity (Wildman–Crippen MR) is 89.2 cm³/mol. The molecule has 1 aromatic rings. The summed E-state index contributed by atoms with van der Waals surface area (Å²) in [5.41, 5.74) is 6.21. The molecule has 0 amide bonds. The summed E-state index contributed by atoms with van der Waals surface area (Å²) in [5.74, 6) is 1.70. The smallest absolute Gasteiger partial charge is 0.119 e. The van der Waals surface area contributed by atoms with Gasteiger partial charge in [0.1, 0.15) is 5.75 Å². The first kappa shape index (κ1) is 16.8. The Balaban J connectivity index is 1.81. The monoisotopic (exact) mass is 304 g/mol. The number of aliphatic hydroxyl groups excluding tert-OH is 1. The summed E-state index contributed by atoms with van der Waals surface area (Å²) >= 11 is 0. The summed E-state index contributed by atoms with van der Waals surface area (Å²) in [5, 5.41) is 17.4. The largest absolute Gasteiger partial charge is 0.493 e. The van der Waals surface area contributed by atoms with Crippen molar-refractivity contribution < 1.29 is 9.84 Å². The number of hydrogen-bond acceptors (Lipinski definition) is 3. The maximum Gasteiger partial charge on any atom is 0.119 e. The van der Waals surface area contributed by atoms with Gasteiger partial charge in [-0.25, -0.2) is 0 Å². The summed E-state index contributed by atoms with van der Waals surface area (Å²) in [4.78, 5) is 0. The molecule has 0 aliphatic heterocycles. The molecular weight excluding hydrogens is 276 g/mol. The molecule has 0 bridgehead atoms. The van der Waals surface area contributed by atoms with Crippen molar-refractivity contribution in [1.29, 1.82) is 5.41 Å².